The molecule has 0 spiro atoms. The quantitative estimate of drug-likeness (QED) is 0.438. The number of rotatable bonds is 5. The lowest BCUT2D eigenvalue weighted by Gasteiger charge is -2.31. The highest BCUT2D eigenvalue weighted by Crippen LogP contribution is 2.35. The maximum absolute atomic E-state index is 12.9. The molecule has 0 saturated carbocycles. The Morgan fingerprint density at radius 3 is 2.81 bits per heavy atom. The summed E-state index contributed by atoms with van der Waals surface area (Å²) in [6.07, 6.45) is -2.82. The van der Waals surface area contributed by atoms with E-state index in [0.717, 1.165) is 45.6 Å². The number of hydrogen-bond donors (Lipinski definition) is 0. The van der Waals surface area contributed by atoms with E-state index in [4.69, 9.17) is 21.4 Å². The van der Waals surface area contributed by atoms with Gasteiger partial charge in [0, 0.05) is 47.1 Å². The number of alkyl halides is 3. The number of aromatic nitrogens is 3. The van der Waals surface area contributed by atoms with Gasteiger partial charge in [-0.25, -0.2) is 4.98 Å². The van der Waals surface area contributed by atoms with Crippen LogP contribution in [0.3, 0.4) is 0 Å². The second kappa shape index (κ2) is 9.85. The van der Waals surface area contributed by atoms with Crippen LogP contribution in [0.2, 0.25) is 5.02 Å². The maximum atomic E-state index is 12.9. The van der Waals surface area contributed by atoms with Gasteiger partial charge in [0.15, 0.2) is 11.8 Å². The largest absolute Gasteiger partial charge is 0.435 e. The average Bonchev–Trinajstić information content (AvgIpc) is 3.59. The number of carbonyl (C=O) groups is 1. The molecule has 1 saturated heterocycles. The summed E-state index contributed by atoms with van der Waals surface area (Å²) in [7, 11) is 0. The molecule has 2 aromatic heterocycles. The van der Waals surface area contributed by atoms with Gasteiger partial charge in [-0.1, -0.05) is 28.9 Å². The first-order valence-electron chi connectivity index (χ1n) is 11.4. The number of halogens is 4. The van der Waals surface area contributed by atoms with Gasteiger partial charge >= 0.3 is 6.18 Å². The first-order valence-corrected chi connectivity index (χ1v) is 12.7. The van der Waals surface area contributed by atoms with Crippen molar-refractivity contribution in [1.82, 2.24) is 19.7 Å². The van der Waals surface area contributed by atoms with Crippen molar-refractivity contribution in [3.63, 3.8) is 0 Å². The van der Waals surface area contributed by atoms with Crippen molar-refractivity contribution < 1.29 is 22.8 Å². The van der Waals surface area contributed by atoms with Crippen LogP contribution in [-0.4, -0.2) is 44.4 Å². The van der Waals surface area contributed by atoms with Crippen molar-refractivity contribution in [1.29, 1.82) is 0 Å². The average molecular weight is 537 g/mol. The Labute approximate surface area is 214 Å². The molecule has 1 atom stereocenters. The van der Waals surface area contributed by atoms with Crippen molar-refractivity contribution in [3.05, 3.63) is 68.4 Å². The summed E-state index contributed by atoms with van der Waals surface area (Å²) in [4.78, 5) is 24.7. The fourth-order valence-electron chi connectivity index (χ4n) is 4.38. The molecule has 7 nitrogen and oxygen atoms in total. The van der Waals surface area contributed by atoms with Crippen molar-refractivity contribution in [3.8, 4) is 0 Å². The van der Waals surface area contributed by atoms with Crippen molar-refractivity contribution in [2.24, 2.45) is 5.16 Å². The van der Waals surface area contributed by atoms with Crippen molar-refractivity contribution in [2.75, 3.05) is 13.1 Å². The highest BCUT2D eigenvalue weighted by Gasteiger charge is 2.35. The predicted molar refractivity (Wildman–Crippen MR) is 128 cm³/mol. The van der Waals surface area contributed by atoms with E-state index in [-0.39, 0.29) is 24.5 Å². The van der Waals surface area contributed by atoms with Crippen LogP contribution in [0, 0.1) is 13.0 Å². The molecule has 12 heteroatoms. The van der Waals surface area contributed by atoms with Gasteiger partial charge in [0.25, 0.3) is 0 Å². The monoisotopic (exact) mass is 536 g/mol. The van der Waals surface area contributed by atoms with Crippen LogP contribution in [0.5, 0.6) is 0 Å². The van der Waals surface area contributed by atoms with Crippen LogP contribution in [0.1, 0.15) is 58.9 Å². The molecule has 5 rings (SSSR count). The Balaban J connectivity index is 1.16. The zero-order valence-corrected chi connectivity index (χ0v) is 20.8. The normalized spacial score (nSPS) is 18.9. The number of amides is 1. The molecule has 1 fully saturated rings. The van der Waals surface area contributed by atoms with Gasteiger partial charge in [0.1, 0.15) is 12.3 Å². The molecular formula is C24H22ClF3N5O2S. The number of aryl methyl sites for hydroxylation is 1. The molecule has 1 aromatic carbocycles. The minimum Gasteiger partial charge on any atom is -0.387 e. The molecule has 36 heavy (non-hydrogen) atoms. The number of carbonyl (C=O) groups excluding carboxylic acids is 1. The highest BCUT2D eigenvalue weighted by molar-refractivity contribution is 7.10. The number of likely N-dealkylation sites (tertiary alicyclic amines) is 1. The van der Waals surface area contributed by atoms with E-state index in [1.165, 1.54) is 6.92 Å². The third-order valence-corrected chi connectivity index (χ3v) is 7.73. The number of piperidine rings is 1. The van der Waals surface area contributed by atoms with E-state index in [1.807, 2.05) is 11.4 Å². The summed E-state index contributed by atoms with van der Waals surface area (Å²) in [5.41, 5.74) is 1.62. The number of nitrogens with zero attached hydrogens (tertiary/aromatic N) is 5. The maximum Gasteiger partial charge on any atom is 0.435 e. The second-order valence-corrected chi connectivity index (χ2v) is 10.1. The molecule has 2 aliphatic rings. The molecule has 0 aliphatic carbocycles. The first kappa shape index (κ1) is 24.8. The Morgan fingerprint density at radius 2 is 2.11 bits per heavy atom. The predicted octanol–water partition coefficient (Wildman–Crippen LogP) is 5.39. The van der Waals surface area contributed by atoms with Crippen molar-refractivity contribution in [2.45, 2.75) is 50.9 Å². The molecule has 2 aliphatic heterocycles. The summed E-state index contributed by atoms with van der Waals surface area (Å²) < 4.78 is 39.8. The van der Waals surface area contributed by atoms with Gasteiger partial charge in [-0.05, 0) is 38.0 Å². The van der Waals surface area contributed by atoms with E-state index in [2.05, 4.69) is 16.3 Å². The van der Waals surface area contributed by atoms with Crippen LogP contribution < -0.4 is 0 Å². The van der Waals surface area contributed by atoms with Crippen LogP contribution >= 0.6 is 22.9 Å². The fraction of sp³-hybridized carbons (Fsp3) is 0.417. The molecular weight excluding hydrogens is 515 g/mol. The van der Waals surface area contributed by atoms with E-state index in [0.29, 0.717) is 30.2 Å². The van der Waals surface area contributed by atoms with Gasteiger partial charge in [-0.15, -0.1) is 11.3 Å². The Kier molecular flexibility index (Phi) is 6.78. The zero-order chi connectivity index (χ0) is 25.4. The molecule has 0 bridgehead atoms. The minimum absolute atomic E-state index is 0.201. The Bertz CT molecular complexity index is 1300. The van der Waals surface area contributed by atoms with Gasteiger partial charge in [-0.3, -0.25) is 9.48 Å². The lowest BCUT2D eigenvalue weighted by Crippen LogP contribution is -2.40. The van der Waals surface area contributed by atoms with Crippen LogP contribution in [0.4, 0.5) is 13.2 Å². The summed E-state index contributed by atoms with van der Waals surface area (Å²) in [6, 6.07) is 9.46. The van der Waals surface area contributed by atoms with Gasteiger partial charge in [-0.2, -0.15) is 18.3 Å². The molecule has 0 N–H and O–H groups in total. The van der Waals surface area contributed by atoms with Gasteiger partial charge in [0.05, 0.1) is 10.7 Å². The molecule has 4 heterocycles. The van der Waals surface area contributed by atoms with E-state index in [1.54, 1.807) is 28.4 Å². The Hall–Kier alpha value is -2.92. The van der Waals surface area contributed by atoms with Gasteiger partial charge < -0.3 is 9.74 Å². The van der Waals surface area contributed by atoms with Crippen LogP contribution in [0.25, 0.3) is 0 Å². The topological polar surface area (TPSA) is 72.6 Å². The smallest absolute Gasteiger partial charge is 0.387 e. The van der Waals surface area contributed by atoms with Crippen molar-refractivity contribution >= 4 is 34.6 Å². The zero-order valence-electron chi connectivity index (χ0n) is 19.3. The SMILES string of the molecule is Cc1cc(C(F)(F)F)nn1CC(=O)N1CCC(c2nc(C3=NO[C@@H](c4[c]cccc4Cl)C3)cs2)CC1. The first-order chi connectivity index (χ1) is 17.2. The van der Waals surface area contributed by atoms with E-state index in [9.17, 15) is 18.0 Å². The summed E-state index contributed by atoms with van der Waals surface area (Å²) in [6.45, 7) is 2.33. The summed E-state index contributed by atoms with van der Waals surface area (Å²) in [5, 5.41) is 11.3. The minimum atomic E-state index is -4.53. The fourth-order valence-corrected chi connectivity index (χ4v) is 5.63. The third kappa shape index (κ3) is 5.12. The number of thiazole rings is 1. The van der Waals surface area contributed by atoms with Crippen LogP contribution in [0.15, 0.2) is 34.8 Å². The lowest BCUT2D eigenvalue weighted by atomic mass is 9.97. The summed E-state index contributed by atoms with van der Waals surface area (Å²) >= 11 is 7.81. The van der Waals surface area contributed by atoms with Gasteiger partial charge in [0.2, 0.25) is 5.91 Å². The second-order valence-electron chi connectivity index (χ2n) is 8.82. The molecule has 0 unspecified atom stereocenters. The van der Waals surface area contributed by atoms with E-state index >= 15 is 0 Å². The number of oxime groups is 1. The standard InChI is InChI=1S/C24H22ClF3N5O2S/c1-14-10-21(24(26,27)28)30-33(14)12-22(34)32-8-6-15(7-9-32)23-29-19(13-36-23)18-11-20(35-31-18)16-4-2-3-5-17(16)25/h2-3,5,10,13,15,20H,6-9,11-12H2,1H3/t20-/m1/s1. The molecule has 1 amide bonds. The Morgan fingerprint density at radius 1 is 1.33 bits per heavy atom. The number of hydrogen-bond acceptors (Lipinski definition) is 6. The summed E-state index contributed by atoms with van der Waals surface area (Å²) in [5.74, 6) is -0.0419. The van der Waals surface area contributed by atoms with E-state index < -0.39 is 11.9 Å². The number of benzene rings is 1. The third-order valence-electron chi connectivity index (χ3n) is 6.40. The molecule has 189 valence electrons. The molecule has 1 radical (unpaired) electrons. The van der Waals surface area contributed by atoms with Crippen LogP contribution in [-0.2, 0) is 22.4 Å². The molecule has 3 aromatic rings. The highest BCUT2D eigenvalue weighted by atomic mass is 35.5. The lowest BCUT2D eigenvalue weighted by molar-refractivity contribution is -0.142.